The standard InChI is InChI=1S/C32H41N3O4S/c1-7-18-33-32(37)30(8-2)34(21-27-11-9-10-24(4)19-27)31(36)22-35(28-15-14-25(5)26(6)20-28)40(38,39)29-16-12-23(3)13-17-29/h9-17,19-20,30H,7-8,18,21-22H2,1-6H3,(H,33,37)/t30-/m0/s1. The van der Waals surface area contributed by atoms with Gasteiger partial charge in [-0.05, 0) is 81.5 Å². The fourth-order valence-electron chi connectivity index (χ4n) is 4.54. The van der Waals surface area contributed by atoms with Crippen molar-refractivity contribution in [2.75, 3.05) is 17.4 Å². The zero-order valence-electron chi connectivity index (χ0n) is 24.4. The van der Waals surface area contributed by atoms with Gasteiger partial charge in [0.25, 0.3) is 10.0 Å². The third-order valence-electron chi connectivity index (χ3n) is 7.04. The van der Waals surface area contributed by atoms with Gasteiger partial charge < -0.3 is 10.2 Å². The highest BCUT2D eigenvalue weighted by Crippen LogP contribution is 2.27. The van der Waals surface area contributed by atoms with E-state index in [9.17, 15) is 18.0 Å². The van der Waals surface area contributed by atoms with Gasteiger partial charge >= 0.3 is 0 Å². The molecule has 0 aliphatic carbocycles. The summed E-state index contributed by atoms with van der Waals surface area (Å²) >= 11 is 0. The van der Waals surface area contributed by atoms with Crippen LogP contribution in [0.4, 0.5) is 5.69 Å². The predicted molar refractivity (Wildman–Crippen MR) is 161 cm³/mol. The van der Waals surface area contributed by atoms with Gasteiger partial charge in [-0.1, -0.05) is 67.4 Å². The normalized spacial score (nSPS) is 12.1. The Bertz CT molecular complexity index is 1430. The van der Waals surface area contributed by atoms with Gasteiger partial charge in [0, 0.05) is 13.1 Å². The van der Waals surface area contributed by atoms with Crippen molar-refractivity contribution in [1.29, 1.82) is 0 Å². The molecule has 214 valence electrons. The highest BCUT2D eigenvalue weighted by Gasteiger charge is 2.33. The van der Waals surface area contributed by atoms with E-state index in [2.05, 4.69) is 5.32 Å². The second-order valence-electron chi connectivity index (χ2n) is 10.3. The molecule has 0 aliphatic heterocycles. The fourth-order valence-corrected chi connectivity index (χ4v) is 5.95. The van der Waals surface area contributed by atoms with Crippen LogP contribution < -0.4 is 9.62 Å². The maximum absolute atomic E-state index is 14.1. The number of hydrogen-bond donors (Lipinski definition) is 1. The van der Waals surface area contributed by atoms with E-state index in [1.807, 2.05) is 71.9 Å². The van der Waals surface area contributed by atoms with Crippen LogP contribution in [0.3, 0.4) is 0 Å². The molecule has 1 atom stereocenters. The molecule has 0 radical (unpaired) electrons. The number of carbonyl (C=O) groups is 2. The van der Waals surface area contributed by atoms with Crippen LogP contribution in [-0.2, 0) is 26.2 Å². The molecule has 0 saturated heterocycles. The quantitative estimate of drug-likeness (QED) is 0.318. The molecule has 0 spiro atoms. The van der Waals surface area contributed by atoms with Crippen molar-refractivity contribution in [2.24, 2.45) is 0 Å². The number of nitrogens with zero attached hydrogens (tertiary/aromatic N) is 2. The van der Waals surface area contributed by atoms with Crippen LogP contribution in [0.2, 0.25) is 0 Å². The number of amides is 2. The Morgan fingerprint density at radius 3 is 2.15 bits per heavy atom. The van der Waals surface area contributed by atoms with Gasteiger partial charge in [-0.3, -0.25) is 13.9 Å². The SMILES string of the molecule is CCCNC(=O)[C@H](CC)N(Cc1cccc(C)c1)C(=O)CN(c1ccc(C)c(C)c1)S(=O)(=O)c1ccc(C)cc1. The molecule has 0 fully saturated rings. The molecule has 0 aromatic heterocycles. The lowest BCUT2D eigenvalue weighted by atomic mass is 10.1. The lowest BCUT2D eigenvalue weighted by molar-refractivity contribution is -0.140. The van der Waals surface area contributed by atoms with E-state index in [0.29, 0.717) is 18.7 Å². The monoisotopic (exact) mass is 563 g/mol. The van der Waals surface area contributed by atoms with E-state index in [4.69, 9.17) is 0 Å². The summed E-state index contributed by atoms with van der Waals surface area (Å²) in [5, 5.41) is 2.91. The number of rotatable bonds is 12. The van der Waals surface area contributed by atoms with E-state index < -0.39 is 28.5 Å². The molecule has 7 nitrogen and oxygen atoms in total. The first-order chi connectivity index (χ1) is 19.0. The van der Waals surface area contributed by atoms with Gasteiger partial charge in [0.1, 0.15) is 12.6 Å². The van der Waals surface area contributed by atoms with Crippen LogP contribution in [-0.4, -0.2) is 44.3 Å². The number of sulfonamides is 1. The molecule has 0 saturated carbocycles. The van der Waals surface area contributed by atoms with Gasteiger partial charge in [-0.15, -0.1) is 0 Å². The molecule has 40 heavy (non-hydrogen) atoms. The second kappa shape index (κ2) is 13.6. The molecule has 1 N–H and O–H groups in total. The van der Waals surface area contributed by atoms with Crippen LogP contribution in [0.5, 0.6) is 0 Å². The minimum Gasteiger partial charge on any atom is -0.354 e. The lowest BCUT2D eigenvalue weighted by Crippen LogP contribution is -2.52. The van der Waals surface area contributed by atoms with Crippen molar-refractivity contribution in [2.45, 2.75) is 71.9 Å². The molecule has 8 heteroatoms. The summed E-state index contributed by atoms with van der Waals surface area (Å²) in [6.07, 6.45) is 1.16. The second-order valence-corrected chi connectivity index (χ2v) is 12.2. The van der Waals surface area contributed by atoms with E-state index in [-0.39, 0.29) is 17.3 Å². The molecule has 3 aromatic carbocycles. The van der Waals surface area contributed by atoms with E-state index in [0.717, 1.165) is 38.5 Å². The van der Waals surface area contributed by atoms with Crippen LogP contribution >= 0.6 is 0 Å². The van der Waals surface area contributed by atoms with Gasteiger partial charge in [0.2, 0.25) is 11.8 Å². The van der Waals surface area contributed by atoms with Crippen molar-refractivity contribution < 1.29 is 18.0 Å². The summed E-state index contributed by atoms with van der Waals surface area (Å²) in [6, 6.07) is 19.0. The van der Waals surface area contributed by atoms with Gasteiger partial charge in [-0.25, -0.2) is 8.42 Å². The minimum absolute atomic E-state index is 0.0992. The Balaban J connectivity index is 2.08. The minimum atomic E-state index is -4.09. The number of benzene rings is 3. The number of anilines is 1. The first kappa shape index (κ1) is 30.9. The zero-order chi connectivity index (χ0) is 29.4. The average Bonchev–Trinajstić information content (AvgIpc) is 2.92. The molecule has 0 aliphatic rings. The van der Waals surface area contributed by atoms with Crippen LogP contribution in [0.1, 0.15) is 54.5 Å². The summed E-state index contributed by atoms with van der Waals surface area (Å²) in [5.74, 6) is -0.696. The molecule has 3 aromatic rings. The molecular weight excluding hydrogens is 522 g/mol. The topological polar surface area (TPSA) is 86.8 Å². The molecule has 3 rings (SSSR count). The maximum atomic E-state index is 14.1. The van der Waals surface area contributed by atoms with Gasteiger partial charge in [-0.2, -0.15) is 0 Å². The van der Waals surface area contributed by atoms with Gasteiger partial charge in [0.05, 0.1) is 10.6 Å². The first-order valence-electron chi connectivity index (χ1n) is 13.8. The molecule has 0 heterocycles. The van der Waals surface area contributed by atoms with Gasteiger partial charge in [0.15, 0.2) is 0 Å². The zero-order valence-corrected chi connectivity index (χ0v) is 25.2. The summed E-state index contributed by atoms with van der Waals surface area (Å²) in [5.41, 5.74) is 5.16. The fraction of sp³-hybridized carbons (Fsp3) is 0.375. The third kappa shape index (κ3) is 7.50. The summed E-state index contributed by atoms with van der Waals surface area (Å²) in [6.45, 7) is 11.8. The number of carbonyl (C=O) groups excluding carboxylic acids is 2. The Morgan fingerprint density at radius 2 is 1.55 bits per heavy atom. The van der Waals surface area contributed by atoms with Crippen molar-refractivity contribution in [3.8, 4) is 0 Å². The van der Waals surface area contributed by atoms with Crippen molar-refractivity contribution >= 4 is 27.5 Å². The Hall–Kier alpha value is -3.65. The Labute approximate surface area is 239 Å². The highest BCUT2D eigenvalue weighted by atomic mass is 32.2. The third-order valence-corrected chi connectivity index (χ3v) is 8.82. The van der Waals surface area contributed by atoms with Crippen LogP contribution in [0.15, 0.2) is 71.6 Å². The Morgan fingerprint density at radius 1 is 0.850 bits per heavy atom. The number of hydrogen-bond acceptors (Lipinski definition) is 4. The highest BCUT2D eigenvalue weighted by molar-refractivity contribution is 7.92. The van der Waals surface area contributed by atoms with E-state index in [1.54, 1.807) is 36.4 Å². The molecule has 0 unspecified atom stereocenters. The summed E-state index contributed by atoms with van der Waals surface area (Å²) < 4.78 is 29.1. The first-order valence-corrected chi connectivity index (χ1v) is 15.2. The predicted octanol–water partition coefficient (Wildman–Crippen LogP) is 5.45. The van der Waals surface area contributed by atoms with E-state index in [1.165, 1.54) is 4.90 Å². The van der Waals surface area contributed by atoms with Crippen LogP contribution in [0, 0.1) is 27.7 Å². The summed E-state index contributed by atoms with van der Waals surface area (Å²) in [4.78, 5) is 28.9. The Kier molecular flexibility index (Phi) is 10.5. The molecule has 0 bridgehead atoms. The largest absolute Gasteiger partial charge is 0.354 e. The van der Waals surface area contributed by atoms with Crippen molar-refractivity contribution in [3.05, 3.63) is 94.5 Å². The number of aryl methyl sites for hydroxylation is 4. The van der Waals surface area contributed by atoms with E-state index >= 15 is 0 Å². The maximum Gasteiger partial charge on any atom is 0.264 e. The lowest BCUT2D eigenvalue weighted by Gasteiger charge is -2.33. The smallest absolute Gasteiger partial charge is 0.264 e. The number of nitrogens with one attached hydrogen (secondary N) is 1. The summed E-state index contributed by atoms with van der Waals surface area (Å²) in [7, 11) is -4.09. The average molecular weight is 564 g/mol. The molecular formula is C32H41N3O4S. The molecule has 2 amide bonds. The van der Waals surface area contributed by atoms with Crippen molar-refractivity contribution in [1.82, 2.24) is 10.2 Å². The van der Waals surface area contributed by atoms with Crippen molar-refractivity contribution in [3.63, 3.8) is 0 Å². The van der Waals surface area contributed by atoms with Crippen LogP contribution in [0.25, 0.3) is 0 Å².